The first-order valence-corrected chi connectivity index (χ1v) is 7.66. The fourth-order valence-electron chi connectivity index (χ4n) is 2.67. The van der Waals surface area contributed by atoms with Crippen LogP contribution in [-0.4, -0.2) is 30.0 Å². The molecule has 124 valence electrons. The zero-order chi connectivity index (χ0) is 16.9. The van der Waals surface area contributed by atoms with Crippen molar-refractivity contribution in [3.8, 4) is 0 Å². The van der Waals surface area contributed by atoms with Gasteiger partial charge in [0.1, 0.15) is 18.5 Å². The summed E-state index contributed by atoms with van der Waals surface area (Å²) in [5.74, 6) is -0.941. The van der Waals surface area contributed by atoms with E-state index in [0.29, 0.717) is 6.54 Å². The number of hydrogen-bond donors (Lipinski definition) is 1. The molecule has 24 heavy (non-hydrogen) atoms. The summed E-state index contributed by atoms with van der Waals surface area (Å²) >= 11 is 0. The number of benzene rings is 2. The molecule has 0 saturated carbocycles. The van der Waals surface area contributed by atoms with Gasteiger partial charge in [-0.05, 0) is 11.6 Å². The van der Waals surface area contributed by atoms with Crippen LogP contribution >= 0.6 is 0 Å². The number of carbonyl (C=O) groups excluding carboxylic acids is 2. The Morgan fingerprint density at radius 3 is 2.62 bits per heavy atom. The van der Waals surface area contributed by atoms with Gasteiger partial charge in [0.05, 0.1) is 0 Å². The maximum Gasteiger partial charge on any atom is 0.411 e. The fraction of sp³-hybridized carbons (Fsp3) is 0.222. The first kappa shape index (κ1) is 16.0. The van der Waals surface area contributed by atoms with Crippen LogP contribution < -0.4 is 5.32 Å². The van der Waals surface area contributed by atoms with Gasteiger partial charge in [-0.1, -0.05) is 48.5 Å². The van der Waals surface area contributed by atoms with Crippen LogP contribution in [-0.2, 0) is 16.1 Å². The van der Waals surface area contributed by atoms with Gasteiger partial charge in [-0.15, -0.1) is 0 Å². The number of rotatable bonds is 3. The number of halogens is 1. The molecule has 0 bridgehead atoms. The van der Waals surface area contributed by atoms with Crippen LogP contribution in [0, 0.1) is 5.82 Å². The summed E-state index contributed by atoms with van der Waals surface area (Å²) in [5.41, 5.74) is 1.00. The standard InChI is InChI=1S/C18H17FN2O3/c19-15-9-5-4-8-14(15)16-17(22)20-10-11-21(16)18(23)24-12-13-6-2-1-3-7-13/h1-9,16H,10-12H2,(H,20,22). The molecule has 2 amide bonds. The summed E-state index contributed by atoms with van der Waals surface area (Å²) in [5, 5.41) is 2.66. The van der Waals surface area contributed by atoms with E-state index in [1.165, 1.54) is 23.1 Å². The van der Waals surface area contributed by atoms with Crippen molar-refractivity contribution in [3.63, 3.8) is 0 Å². The largest absolute Gasteiger partial charge is 0.445 e. The molecule has 1 aliphatic rings. The molecule has 3 rings (SSSR count). The van der Waals surface area contributed by atoms with Crippen molar-refractivity contribution in [2.45, 2.75) is 12.6 Å². The maximum absolute atomic E-state index is 14.1. The Hall–Kier alpha value is -2.89. The number of nitrogens with one attached hydrogen (secondary N) is 1. The van der Waals surface area contributed by atoms with Gasteiger partial charge in [-0.3, -0.25) is 9.69 Å². The summed E-state index contributed by atoms with van der Waals surface area (Å²) in [6, 6.07) is 14.2. The average molecular weight is 328 g/mol. The van der Waals surface area contributed by atoms with E-state index >= 15 is 0 Å². The number of hydrogen-bond acceptors (Lipinski definition) is 3. The summed E-state index contributed by atoms with van der Waals surface area (Å²) in [4.78, 5) is 25.9. The summed E-state index contributed by atoms with van der Waals surface area (Å²) in [6.07, 6.45) is -0.637. The van der Waals surface area contributed by atoms with E-state index in [4.69, 9.17) is 4.74 Å². The molecule has 0 aromatic heterocycles. The van der Waals surface area contributed by atoms with Gasteiger partial charge >= 0.3 is 6.09 Å². The zero-order valence-corrected chi connectivity index (χ0v) is 12.9. The molecular formula is C18H17FN2O3. The van der Waals surface area contributed by atoms with Crippen molar-refractivity contribution in [2.75, 3.05) is 13.1 Å². The molecule has 1 fully saturated rings. The van der Waals surface area contributed by atoms with Crippen LogP contribution in [0.2, 0.25) is 0 Å². The van der Waals surface area contributed by atoms with Crippen molar-refractivity contribution in [1.82, 2.24) is 10.2 Å². The highest BCUT2D eigenvalue weighted by Gasteiger charge is 2.36. The Labute approximate surface area is 139 Å². The number of amides is 2. The third-order valence-electron chi connectivity index (χ3n) is 3.85. The molecule has 1 unspecified atom stereocenters. The smallest absolute Gasteiger partial charge is 0.411 e. The Morgan fingerprint density at radius 1 is 1.17 bits per heavy atom. The van der Waals surface area contributed by atoms with Gasteiger partial charge in [0.2, 0.25) is 5.91 Å². The lowest BCUT2D eigenvalue weighted by Gasteiger charge is -2.34. The molecule has 1 N–H and O–H groups in total. The number of ether oxygens (including phenoxy) is 1. The molecule has 6 heteroatoms. The average Bonchev–Trinajstić information content (AvgIpc) is 2.61. The van der Waals surface area contributed by atoms with Crippen molar-refractivity contribution in [2.24, 2.45) is 0 Å². The van der Waals surface area contributed by atoms with E-state index in [-0.39, 0.29) is 18.7 Å². The van der Waals surface area contributed by atoms with E-state index in [2.05, 4.69) is 5.32 Å². The van der Waals surface area contributed by atoms with Crippen LogP contribution in [0.1, 0.15) is 17.2 Å². The van der Waals surface area contributed by atoms with E-state index in [9.17, 15) is 14.0 Å². The SMILES string of the molecule is O=C1NCCN(C(=O)OCc2ccccc2)C1c1ccccc1F. The molecule has 5 nitrogen and oxygen atoms in total. The molecule has 1 heterocycles. The van der Waals surface area contributed by atoms with E-state index in [1.807, 2.05) is 30.3 Å². The number of piperazine rings is 1. The molecule has 0 radical (unpaired) electrons. The van der Waals surface area contributed by atoms with Crippen molar-refractivity contribution in [1.29, 1.82) is 0 Å². The van der Waals surface area contributed by atoms with Crippen molar-refractivity contribution in [3.05, 3.63) is 71.5 Å². The second-order valence-corrected chi connectivity index (χ2v) is 5.45. The first-order chi connectivity index (χ1) is 11.7. The third-order valence-corrected chi connectivity index (χ3v) is 3.85. The van der Waals surface area contributed by atoms with Gasteiger partial charge in [0.15, 0.2) is 0 Å². The fourth-order valence-corrected chi connectivity index (χ4v) is 2.67. The highest BCUT2D eigenvalue weighted by atomic mass is 19.1. The van der Waals surface area contributed by atoms with Gasteiger partial charge in [-0.25, -0.2) is 9.18 Å². The Kier molecular flexibility index (Phi) is 4.74. The predicted molar refractivity (Wildman–Crippen MR) is 85.5 cm³/mol. The lowest BCUT2D eigenvalue weighted by atomic mass is 10.0. The van der Waals surface area contributed by atoms with Crippen LogP contribution in [0.3, 0.4) is 0 Å². The third kappa shape index (κ3) is 3.37. The maximum atomic E-state index is 14.1. The summed E-state index contributed by atoms with van der Waals surface area (Å²) in [7, 11) is 0. The summed E-state index contributed by atoms with van der Waals surface area (Å²) < 4.78 is 19.4. The van der Waals surface area contributed by atoms with Crippen molar-refractivity contribution < 1.29 is 18.7 Å². The molecular weight excluding hydrogens is 311 g/mol. The molecule has 0 spiro atoms. The molecule has 2 aromatic rings. The minimum Gasteiger partial charge on any atom is -0.445 e. The first-order valence-electron chi connectivity index (χ1n) is 7.66. The topological polar surface area (TPSA) is 58.6 Å². The molecule has 1 saturated heterocycles. The second-order valence-electron chi connectivity index (χ2n) is 5.45. The summed E-state index contributed by atoms with van der Waals surface area (Å²) in [6.45, 7) is 0.671. The Morgan fingerprint density at radius 2 is 1.88 bits per heavy atom. The van der Waals surface area contributed by atoms with Crippen LogP contribution in [0.5, 0.6) is 0 Å². The minimum atomic E-state index is -1.02. The highest BCUT2D eigenvalue weighted by Crippen LogP contribution is 2.26. The van der Waals surface area contributed by atoms with Gasteiger partial charge < -0.3 is 10.1 Å². The lowest BCUT2D eigenvalue weighted by Crippen LogP contribution is -2.52. The van der Waals surface area contributed by atoms with E-state index in [1.54, 1.807) is 6.07 Å². The van der Waals surface area contributed by atoms with Gasteiger partial charge in [0, 0.05) is 18.7 Å². The molecule has 0 aliphatic carbocycles. The number of nitrogens with zero attached hydrogens (tertiary/aromatic N) is 1. The number of carbonyl (C=O) groups is 2. The quantitative estimate of drug-likeness (QED) is 0.942. The van der Waals surface area contributed by atoms with E-state index < -0.39 is 23.9 Å². The minimum absolute atomic E-state index is 0.0990. The Bertz CT molecular complexity index is 736. The normalized spacial score (nSPS) is 17.3. The predicted octanol–water partition coefficient (Wildman–Crippen LogP) is 2.64. The molecule has 2 aromatic carbocycles. The monoisotopic (exact) mass is 328 g/mol. The van der Waals surface area contributed by atoms with Crippen molar-refractivity contribution >= 4 is 12.0 Å². The van der Waals surface area contributed by atoms with Crippen LogP contribution in [0.25, 0.3) is 0 Å². The zero-order valence-electron chi connectivity index (χ0n) is 12.9. The molecule has 1 atom stereocenters. The lowest BCUT2D eigenvalue weighted by molar-refractivity contribution is -0.128. The van der Waals surface area contributed by atoms with Gasteiger partial charge in [-0.2, -0.15) is 0 Å². The Balaban J connectivity index is 1.77. The van der Waals surface area contributed by atoms with Crippen LogP contribution in [0.15, 0.2) is 54.6 Å². The second kappa shape index (κ2) is 7.12. The van der Waals surface area contributed by atoms with E-state index in [0.717, 1.165) is 5.56 Å². The van der Waals surface area contributed by atoms with Gasteiger partial charge in [0.25, 0.3) is 0 Å². The molecule has 1 aliphatic heterocycles. The highest BCUT2D eigenvalue weighted by molar-refractivity contribution is 5.88. The van der Waals surface area contributed by atoms with Crippen LogP contribution in [0.4, 0.5) is 9.18 Å².